The molecule has 0 aliphatic heterocycles. The van der Waals surface area contributed by atoms with Crippen molar-refractivity contribution in [3.8, 4) is 0 Å². The third-order valence-corrected chi connectivity index (χ3v) is 3.68. The van der Waals surface area contributed by atoms with Gasteiger partial charge >= 0.3 is 12.0 Å². The molecule has 1 rings (SSSR count). The van der Waals surface area contributed by atoms with Crippen LogP contribution in [-0.2, 0) is 0 Å². The molecule has 1 aromatic carbocycles. The number of hydrogen-bond acceptors (Lipinski definition) is 3. The molecule has 0 aromatic heterocycles. The highest BCUT2D eigenvalue weighted by molar-refractivity contribution is 6.34. The minimum absolute atomic E-state index is 0.0777. The maximum absolute atomic E-state index is 11.9. The number of carbonyl (C=O) groups excluding carboxylic acids is 1. The number of urea groups is 1. The number of aromatic carboxylic acids is 1. The first-order valence-electron chi connectivity index (χ1n) is 6.39. The van der Waals surface area contributed by atoms with E-state index < -0.39 is 12.0 Å². The zero-order valence-corrected chi connectivity index (χ0v) is 13.3. The zero-order valence-electron chi connectivity index (χ0n) is 12.5. The number of likely N-dealkylation sites (N-methyl/N-ethyl adjacent to an activating group) is 1. The highest BCUT2D eigenvalue weighted by Gasteiger charge is 2.22. The average Bonchev–Trinajstić information content (AvgIpc) is 2.36. The Labute approximate surface area is 129 Å². The number of carbonyl (C=O) groups is 2. The van der Waals surface area contributed by atoms with Crippen molar-refractivity contribution < 1.29 is 14.7 Å². The van der Waals surface area contributed by atoms with E-state index >= 15 is 0 Å². The van der Waals surface area contributed by atoms with Crippen LogP contribution in [-0.4, -0.2) is 48.2 Å². The molecule has 1 aromatic rings. The Bertz CT molecular complexity index is 544. The van der Waals surface area contributed by atoms with Crippen LogP contribution in [0.1, 0.15) is 24.2 Å². The number of nitrogens with zero attached hydrogens (tertiary/aromatic N) is 1. The summed E-state index contributed by atoms with van der Waals surface area (Å²) in [6.07, 6.45) is 0. The predicted molar refractivity (Wildman–Crippen MR) is 83.2 cm³/mol. The van der Waals surface area contributed by atoms with Gasteiger partial charge in [0.15, 0.2) is 0 Å². The quantitative estimate of drug-likeness (QED) is 0.780. The molecule has 0 saturated carbocycles. The average molecular weight is 314 g/mol. The number of amides is 2. The number of halogens is 1. The minimum atomic E-state index is -1.19. The molecule has 0 radical (unpaired) electrons. The van der Waals surface area contributed by atoms with Gasteiger partial charge in [0.25, 0.3) is 0 Å². The summed E-state index contributed by atoms with van der Waals surface area (Å²) in [6, 6.07) is 4.05. The number of nitrogens with one attached hydrogen (secondary N) is 2. The fourth-order valence-corrected chi connectivity index (χ4v) is 1.72. The van der Waals surface area contributed by atoms with E-state index in [1.54, 1.807) is 6.07 Å². The lowest BCUT2D eigenvalue weighted by Gasteiger charge is -2.32. The van der Waals surface area contributed by atoms with Crippen LogP contribution in [0.15, 0.2) is 18.2 Å². The van der Waals surface area contributed by atoms with Crippen molar-refractivity contribution in [3.05, 3.63) is 28.8 Å². The van der Waals surface area contributed by atoms with Gasteiger partial charge < -0.3 is 20.6 Å². The summed E-state index contributed by atoms with van der Waals surface area (Å²) < 4.78 is 0. The molecule has 7 heteroatoms. The van der Waals surface area contributed by atoms with Crippen molar-refractivity contribution in [3.63, 3.8) is 0 Å². The molecule has 0 aliphatic rings. The molecule has 0 bridgehead atoms. The standard InChI is InChI=1S/C14H20ClN3O3/c1-14(2,18(3)4)8-16-13(21)17-10-7-5-6-9(15)11(10)12(19)20/h5-7H,8H2,1-4H3,(H,19,20)(H2,16,17,21). The van der Waals surface area contributed by atoms with Crippen LogP contribution in [0.5, 0.6) is 0 Å². The molecule has 0 saturated heterocycles. The molecular weight excluding hydrogens is 294 g/mol. The van der Waals surface area contributed by atoms with E-state index in [-0.39, 0.29) is 21.8 Å². The van der Waals surface area contributed by atoms with Crippen LogP contribution in [0.3, 0.4) is 0 Å². The van der Waals surface area contributed by atoms with Gasteiger partial charge in [0, 0.05) is 12.1 Å². The second-order valence-corrected chi connectivity index (χ2v) is 5.89. The number of carboxylic acids is 1. The van der Waals surface area contributed by atoms with Crippen LogP contribution in [0.4, 0.5) is 10.5 Å². The highest BCUT2D eigenvalue weighted by atomic mass is 35.5. The lowest BCUT2D eigenvalue weighted by atomic mass is 10.0. The van der Waals surface area contributed by atoms with Crippen LogP contribution in [0.25, 0.3) is 0 Å². The number of carboxylic acid groups (broad SMARTS) is 1. The third-order valence-electron chi connectivity index (χ3n) is 3.37. The van der Waals surface area contributed by atoms with Crippen molar-refractivity contribution >= 4 is 29.3 Å². The van der Waals surface area contributed by atoms with Gasteiger partial charge in [-0.1, -0.05) is 17.7 Å². The van der Waals surface area contributed by atoms with Crippen LogP contribution in [0.2, 0.25) is 5.02 Å². The van der Waals surface area contributed by atoms with Crippen molar-refractivity contribution in [1.82, 2.24) is 10.2 Å². The van der Waals surface area contributed by atoms with E-state index in [1.807, 2.05) is 32.8 Å². The van der Waals surface area contributed by atoms with Crippen molar-refractivity contribution in [1.29, 1.82) is 0 Å². The largest absolute Gasteiger partial charge is 0.478 e. The van der Waals surface area contributed by atoms with E-state index in [1.165, 1.54) is 12.1 Å². The lowest BCUT2D eigenvalue weighted by Crippen LogP contribution is -2.49. The van der Waals surface area contributed by atoms with E-state index in [9.17, 15) is 9.59 Å². The minimum Gasteiger partial charge on any atom is -0.478 e. The summed E-state index contributed by atoms with van der Waals surface area (Å²) in [6.45, 7) is 4.37. The molecule has 2 amide bonds. The van der Waals surface area contributed by atoms with Gasteiger partial charge in [-0.3, -0.25) is 0 Å². The number of rotatable bonds is 5. The Morgan fingerprint density at radius 3 is 2.48 bits per heavy atom. The Morgan fingerprint density at radius 1 is 1.33 bits per heavy atom. The Hall–Kier alpha value is -1.79. The molecular formula is C14H20ClN3O3. The zero-order chi connectivity index (χ0) is 16.2. The summed E-state index contributed by atoms with van der Waals surface area (Å²) in [5, 5.41) is 14.4. The maximum atomic E-state index is 11.9. The first-order chi connectivity index (χ1) is 9.65. The smallest absolute Gasteiger partial charge is 0.339 e. The van der Waals surface area contributed by atoms with E-state index in [2.05, 4.69) is 10.6 Å². The predicted octanol–water partition coefficient (Wildman–Crippen LogP) is 2.50. The maximum Gasteiger partial charge on any atom is 0.339 e. The molecule has 0 spiro atoms. The first-order valence-corrected chi connectivity index (χ1v) is 6.77. The molecule has 3 N–H and O–H groups in total. The van der Waals surface area contributed by atoms with Crippen LogP contribution in [0, 0.1) is 0 Å². The lowest BCUT2D eigenvalue weighted by molar-refractivity contribution is 0.0698. The van der Waals surface area contributed by atoms with Crippen molar-refractivity contribution in [2.24, 2.45) is 0 Å². The van der Waals surface area contributed by atoms with Crippen LogP contribution >= 0.6 is 11.6 Å². The summed E-state index contributed by atoms with van der Waals surface area (Å²) in [7, 11) is 3.83. The SMILES string of the molecule is CN(C)C(C)(C)CNC(=O)Nc1cccc(Cl)c1C(=O)O. The topological polar surface area (TPSA) is 81.7 Å². The molecule has 0 atom stereocenters. The number of anilines is 1. The highest BCUT2D eigenvalue weighted by Crippen LogP contribution is 2.24. The molecule has 0 aliphatic carbocycles. The first kappa shape index (κ1) is 17.3. The molecule has 21 heavy (non-hydrogen) atoms. The summed E-state index contributed by atoms with van der Waals surface area (Å²) in [5.41, 5.74) is -0.183. The second kappa shape index (κ2) is 6.78. The van der Waals surface area contributed by atoms with Gasteiger partial charge in [-0.05, 0) is 40.1 Å². The van der Waals surface area contributed by atoms with E-state index in [4.69, 9.17) is 16.7 Å². The molecule has 116 valence electrons. The molecule has 0 heterocycles. The van der Waals surface area contributed by atoms with E-state index in [0.717, 1.165) is 0 Å². The summed E-state index contributed by atoms with van der Waals surface area (Å²) >= 11 is 5.84. The molecule has 0 fully saturated rings. The van der Waals surface area contributed by atoms with Crippen LogP contribution < -0.4 is 10.6 Å². The Kier molecular flexibility index (Phi) is 5.57. The fraction of sp³-hybridized carbons (Fsp3) is 0.429. The van der Waals surface area contributed by atoms with Gasteiger partial charge in [0.2, 0.25) is 0 Å². The molecule has 0 unspecified atom stereocenters. The van der Waals surface area contributed by atoms with Crippen molar-refractivity contribution in [2.75, 3.05) is 26.0 Å². The molecule has 6 nitrogen and oxygen atoms in total. The van der Waals surface area contributed by atoms with E-state index in [0.29, 0.717) is 6.54 Å². The normalized spacial score (nSPS) is 11.3. The number of hydrogen-bond donors (Lipinski definition) is 3. The van der Waals surface area contributed by atoms with Crippen molar-refractivity contribution in [2.45, 2.75) is 19.4 Å². The Morgan fingerprint density at radius 2 is 1.95 bits per heavy atom. The summed E-state index contributed by atoms with van der Waals surface area (Å²) in [4.78, 5) is 25.0. The van der Waals surface area contributed by atoms with Gasteiger partial charge in [-0.25, -0.2) is 9.59 Å². The van der Waals surface area contributed by atoms with Gasteiger partial charge in [0.1, 0.15) is 5.56 Å². The Balaban J connectivity index is 2.77. The third kappa shape index (κ3) is 4.61. The monoisotopic (exact) mass is 313 g/mol. The number of benzene rings is 1. The van der Waals surface area contributed by atoms with Gasteiger partial charge in [-0.2, -0.15) is 0 Å². The summed E-state index contributed by atoms with van der Waals surface area (Å²) in [5.74, 6) is -1.19. The second-order valence-electron chi connectivity index (χ2n) is 5.48. The fourth-order valence-electron chi connectivity index (χ4n) is 1.47. The van der Waals surface area contributed by atoms with Gasteiger partial charge in [-0.15, -0.1) is 0 Å². The van der Waals surface area contributed by atoms with Gasteiger partial charge in [0.05, 0.1) is 10.7 Å².